The zero-order valence-electron chi connectivity index (χ0n) is 30.3. The lowest BCUT2D eigenvalue weighted by molar-refractivity contribution is -0.259. The zero-order chi connectivity index (χ0) is 39.4. The average Bonchev–Trinajstić information content (AvgIpc) is 3.80. The Hall–Kier alpha value is -2.71. The maximum Gasteiger partial charge on any atom is 0.416 e. The van der Waals surface area contributed by atoms with Crippen LogP contribution in [-0.2, 0) is 23.9 Å². The first-order chi connectivity index (χ1) is 22.7. The van der Waals surface area contributed by atoms with Gasteiger partial charge in [-0.15, -0.1) is 0 Å². The topological polar surface area (TPSA) is 130 Å². The van der Waals surface area contributed by atoms with E-state index in [9.17, 15) is 50.9 Å². The molecule has 0 aromatic carbocycles. The highest BCUT2D eigenvalue weighted by atomic mass is 19.4. The predicted molar refractivity (Wildman–Crippen MR) is 183 cm³/mol. The van der Waals surface area contributed by atoms with E-state index in [4.69, 9.17) is 5.11 Å². The number of ether oxygens (including phenoxy) is 2. The summed E-state index contributed by atoms with van der Waals surface area (Å²) in [6.07, 6.45) is -0.804. The van der Waals surface area contributed by atoms with Crippen LogP contribution in [0.3, 0.4) is 0 Å². The van der Waals surface area contributed by atoms with Crippen molar-refractivity contribution in [2.45, 2.75) is 130 Å². The molecule has 0 heterocycles. The van der Waals surface area contributed by atoms with Crippen LogP contribution in [0.25, 0.3) is 0 Å². The molecule has 4 fully saturated rings. The van der Waals surface area contributed by atoms with Crippen LogP contribution >= 0.6 is 0 Å². The summed E-state index contributed by atoms with van der Waals surface area (Å²) in [6.45, 7) is 16.3. The van der Waals surface area contributed by atoms with Crippen molar-refractivity contribution in [2.75, 3.05) is 14.2 Å². The first-order valence-electron chi connectivity index (χ1n) is 16.6. The summed E-state index contributed by atoms with van der Waals surface area (Å²) in [5, 5.41) is 25.8. The molecule has 0 aliphatic heterocycles. The highest BCUT2D eigenvalue weighted by Gasteiger charge is 2.54. The van der Waals surface area contributed by atoms with E-state index in [0.29, 0.717) is 29.2 Å². The summed E-state index contributed by atoms with van der Waals surface area (Å²) in [7, 11) is 2.33. The lowest BCUT2D eigenvalue weighted by Gasteiger charge is -2.32. The minimum atomic E-state index is -4.49. The number of rotatable bonds is 7. The van der Waals surface area contributed by atoms with Crippen molar-refractivity contribution < 1.29 is 65.5 Å². The van der Waals surface area contributed by atoms with Gasteiger partial charge in [0.05, 0.1) is 7.11 Å². The second-order valence-electron chi connectivity index (χ2n) is 14.3. The van der Waals surface area contributed by atoms with Gasteiger partial charge in [-0.05, 0) is 121 Å². The summed E-state index contributed by atoms with van der Waals surface area (Å²) >= 11 is 0. The molecule has 3 N–H and O–H groups in total. The van der Waals surface area contributed by atoms with E-state index in [1.807, 2.05) is 0 Å². The molecule has 0 radical (unpaired) electrons. The molecule has 8 unspecified atom stereocenters. The number of esters is 3. The van der Waals surface area contributed by atoms with Crippen LogP contribution in [0.15, 0.2) is 36.5 Å². The van der Waals surface area contributed by atoms with Crippen molar-refractivity contribution in [3.63, 3.8) is 0 Å². The fourth-order valence-corrected chi connectivity index (χ4v) is 6.94. The number of carbonyl (C=O) groups excluding carboxylic acids is 3. The number of aliphatic hydroxyl groups excluding tert-OH is 1. The van der Waals surface area contributed by atoms with Gasteiger partial charge in [-0.2, -0.15) is 26.3 Å². The third-order valence-electron chi connectivity index (χ3n) is 9.73. The largest absolute Gasteiger partial charge is 0.466 e. The molecule has 14 heteroatoms. The molecule has 51 heavy (non-hydrogen) atoms. The monoisotopic (exact) mass is 746 g/mol. The first-order valence-corrected chi connectivity index (χ1v) is 16.6. The summed E-state index contributed by atoms with van der Waals surface area (Å²) in [5.41, 5.74) is -4.17. The molecular weight excluding hydrogens is 686 g/mol. The molecule has 0 amide bonds. The number of hydrogen-bond acceptors (Lipinski definition) is 8. The molecule has 0 spiro atoms. The molecule has 4 rings (SSSR count). The van der Waals surface area contributed by atoms with E-state index in [2.05, 4.69) is 29.2 Å². The van der Waals surface area contributed by atoms with Crippen LogP contribution in [0.2, 0.25) is 0 Å². The maximum atomic E-state index is 12.5. The first kappa shape index (κ1) is 50.4. The van der Waals surface area contributed by atoms with Crippen molar-refractivity contribution in [1.29, 1.82) is 0 Å². The van der Waals surface area contributed by atoms with Crippen LogP contribution in [0, 0.1) is 35.5 Å². The van der Waals surface area contributed by atoms with E-state index in [1.165, 1.54) is 33.8 Å². The molecule has 0 aromatic rings. The SMILES string of the molecule is C.C=C(C)C(=O)OC.C=C(C)C(=O)OC(=O)C(=C)C.CC(O)(CC1CC2CCC1C2)C(F)(F)F.CC(O)(CC1CC2CCC1C2)C(F)(F)F.CO. The van der Waals surface area contributed by atoms with Gasteiger partial charge in [0, 0.05) is 23.8 Å². The van der Waals surface area contributed by atoms with Crippen molar-refractivity contribution in [3.8, 4) is 0 Å². The van der Waals surface area contributed by atoms with Crippen molar-refractivity contribution in [1.82, 2.24) is 0 Å². The molecule has 4 aliphatic carbocycles. The van der Waals surface area contributed by atoms with Gasteiger partial charge in [0.15, 0.2) is 11.2 Å². The predicted octanol–water partition coefficient (Wildman–Crippen LogP) is 8.44. The summed E-state index contributed by atoms with van der Waals surface area (Å²) in [4.78, 5) is 31.5. The van der Waals surface area contributed by atoms with E-state index >= 15 is 0 Å². The normalized spacial score (nSPS) is 26.2. The zero-order valence-corrected chi connectivity index (χ0v) is 30.3. The summed E-state index contributed by atoms with van der Waals surface area (Å²) in [5.74, 6) is 0.525. The third-order valence-corrected chi connectivity index (χ3v) is 9.73. The Labute approximate surface area is 299 Å². The van der Waals surface area contributed by atoms with Gasteiger partial charge in [0.2, 0.25) is 0 Å². The molecule has 0 aromatic heterocycles. The highest BCUT2D eigenvalue weighted by Crippen LogP contribution is 2.53. The number of carbonyl (C=O) groups is 3. The van der Waals surface area contributed by atoms with Crippen molar-refractivity contribution in [2.24, 2.45) is 35.5 Å². The third kappa shape index (κ3) is 16.2. The summed E-state index contributed by atoms with van der Waals surface area (Å²) in [6, 6.07) is 0. The molecule has 0 saturated heterocycles. The van der Waals surface area contributed by atoms with E-state index in [1.54, 1.807) is 6.92 Å². The number of hydrogen-bond donors (Lipinski definition) is 3. The lowest BCUT2D eigenvalue weighted by atomic mass is 9.80. The fraction of sp³-hybridized carbons (Fsp3) is 0.757. The van der Waals surface area contributed by atoms with Gasteiger partial charge in [0.25, 0.3) is 0 Å². The quantitative estimate of drug-likeness (QED) is 0.102. The minimum absolute atomic E-state index is 0. The van der Waals surface area contributed by atoms with Gasteiger partial charge >= 0.3 is 30.3 Å². The van der Waals surface area contributed by atoms with Gasteiger partial charge in [-0.25, -0.2) is 14.4 Å². The molecule has 4 aliphatic rings. The lowest BCUT2D eigenvalue weighted by Crippen LogP contribution is -2.44. The van der Waals surface area contributed by atoms with Gasteiger partial charge in [-0.3, -0.25) is 0 Å². The van der Waals surface area contributed by atoms with Crippen LogP contribution in [0.1, 0.15) is 106 Å². The van der Waals surface area contributed by atoms with Crippen molar-refractivity contribution in [3.05, 3.63) is 36.5 Å². The van der Waals surface area contributed by atoms with Crippen molar-refractivity contribution >= 4 is 17.9 Å². The molecule has 4 saturated carbocycles. The van der Waals surface area contributed by atoms with E-state index < -0.39 is 35.5 Å². The number of aliphatic hydroxyl groups is 3. The minimum Gasteiger partial charge on any atom is -0.466 e. The Morgan fingerprint density at radius 3 is 1.08 bits per heavy atom. The smallest absolute Gasteiger partial charge is 0.416 e. The average molecular weight is 747 g/mol. The number of methoxy groups -OCH3 is 1. The fourth-order valence-electron chi connectivity index (χ4n) is 6.94. The molecule has 298 valence electrons. The number of fused-ring (bicyclic) bond motifs is 4. The Morgan fingerprint density at radius 1 is 0.627 bits per heavy atom. The van der Waals surface area contributed by atoms with Crippen LogP contribution in [-0.4, -0.2) is 71.0 Å². The van der Waals surface area contributed by atoms with Gasteiger partial charge in [-0.1, -0.05) is 40.0 Å². The number of halogens is 6. The van der Waals surface area contributed by atoms with Gasteiger partial charge < -0.3 is 24.8 Å². The Bertz CT molecular complexity index is 1100. The Balaban J connectivity index is 0. The molecular formula is C37H60F6O8. The molecule has 8 atom stereocenters. The van der Waals surface area contributed by atoms with E-state index in [-0.39, 0.29) is 49.2 Å². The second kappa shape index (κ2) is 21.1. The van der Waals surface area contributed by atoms with Crippen LogP contribution < -0.4 is 0 Å². The van der Waals surface area contributed by atoms with Crippen LogP contribution in [0.4, 0.5) is 26.3 Å². The van der Waals surface area contributed by atoms with Crippen LogP contribution in [0.5, 0.6) is 0 Å². The Morgan fingerprint density at radius 2 is 0.922 bits per heavy atom. The Kier molecular flexibility index (Phi) is 20.9. The van der Waals surface area contributed by atoms with E-state index in [0.717, 1.165) is 59.5 Å². The summed E-state index contributed by atoms with van der Waals surface area (Å²) < 4.78 is 83.4. The number of alkyl halides is 6. The molecule has 8 nitrogen and oxygen atoms in total. The maximum absolute atomic E-state index is 12.5. The second-order valence-corrected chi connectivity index (χ2v) is 14.3. The standard InChI is InChI=1S/2C11H17F3O.C8H10O3.C5H8O2.CH4O.CH4/c2*1-10(15,11(12,13)14)6-9-5-7-2-3-8(9)4-7;1-5(2)7(9)11-8(10)6(3)4;1-4(2)5(6)7-3;1-2;/h2*7-9,15H,2-6H2,1H3;1,3H2,2,4H3;1H2,2-3H3;2H,1H3;1H4. The highest BCUT2D eigenvalue weighted by molar-refractivity contribution is 6.00. The van der Waals surface area contributed by atoms with Gasteiger partial charge in [0.1, 0.15) is 0 Å². The molecule has 4 bridgehead atoms.